The highest BCUT2D eigenvalue weighted by Gasteiger charge is 2.25. The van der Waals surface area contributed by atoms with Crippen LogP contribution in [0.4, 0.5) is 0 Å². The fourth-order valence-corrected chi connectivity index (χ4v) is 2.05. The normalized spacial score (nSPS) is 13.9. The lowest BCUT2D eigenvalue weighted by Crippen LogP contribution is -2.31. The van der Waals surface area contributed by atoms with Crippen molar-refractivity contribution in [3.63, 3.8) is 0 Å². The molecule has 0 radical (unpaired) electrons. The van der Waals surface area contributed by atoms with Crippen LogP contribution in [0, 0.1) is 12.3 Å². The third-order valence-electron chi connectivity index (χ3n) is 1.79. The van der Waals surface area contributed by atoms with Crippen LogP contribution in [0.15, 0.2) is 12.7 Å². The Morgan fingerprint density at radius 1 is 1.50 bits per heavy atom. The lowest BCUT2D eigenvalue weighted by atomic mass is 10.1. The maximum Gasteiger partial charge on any atom is 0.380 e. The molecule has 0 saturated carbocycles. The second-order valence-electron chi connectivity index (χ2n) is 3.93. The molecule has 0 spiro atoms. The maximum atomic E-state index is 11.2. The highest BCUT2D eigenvalue weighted by atomic mass is 35.9. The van der Waals surface area contributed by atoms with Crippen molar-refractivity contribution < 1.29 is 18.6 Å². The smallest absolute Gasteiger partial charge is 0.375 e. The fourth-order valence-electron chi connectivity index (χ4n) is 0.908. The molecule has 104 valence electrons. The van der Waals surface area contributed by atoms with E-state index in [0.29, 0.717) is 6.61 Å². The maximum absolute atomic E-state index is 11.2. The SMILES string of the molecule is C#CC(C)(C)OCC(COCC=C)OP(=O)(Cl)Cl. The van der Waals surface area contributed by atoms with Gasteiger partial charge in [0.05, 0.1) is 19.8 Å². The minimum atomic E-state index is -3.65. The molecule has 0 aromatic carbocycles. The van der Waals surface area contributed by atoms with E-state index in [-0.39, 0.29) is 13.2 Å². The largest absolute Gasteiger partial charge is 0.380 e. The predicted octanol–water partition coefficient (Wildman–Crippen LogP) is 3.59. The summed E-state index contributed by atoms with van der Waals surface area (Å²) in [5.74, 6) is 2.46. The van der Waals surface area contributed by atoms with Crippen LogP contribution < -0.4 is 0 Å². The highest BCUT2D eigenvalue weighted by Crippen LogP contribution is 2.58. The quantitative estimate of drug-likeness (QED) is 0.282. The summed E-state index contributed by atoms with van der Waals surface area (Å²) < 4.78 is 26.7. The summed E-state index contributed by atoms with van der Waals surface area (Å²) in [6.45, 7) is 7.45. The van der Waals surface area contributed by atoms with Crippen molar-refractivity contribution in [3.8, 4) is 12.3 Å². The minimum absolute atomic E-state index is 0.0672. The zero-order chi connectivity index (χ0) is 14.2. The fraction of sp³-hybridized carbons (Fsp3) is 0.636. The van der Waals surface area contributed by atoms with Gasteiger partial charge in [-0.05, 0) is 36.3 Å². The van der Waals surface area contributed by atoms with Gasteiger partial charge in [-0.25, -0.2) is 0 Å². The number of halogens is 2. The summed E-state index contributed by atoms with van der Waals surface area (Å²) in [6.07, 6.45) is 2.53. The van der Waals surface area contributed by atoms with Crippen LogP contribution in [0.2, 0.25) is 0 Å². The van der Waals surface area contributed by atoms with Crippen molar-refractivity contribution in [2.75, 3.05) is 19.8 Å². The number of hydrogen-bond donors (Lipinski definition) is 0. The van der Waals surface area contributed by atoms with Crippen LogP contribution >= 0.6 is 28.6 Å². The second kappa shape index (κ2) is 8.22. The Morgan fingerprint density at radius 3 is 2.56 bits per heavy atom. The summed E-state index contributed by atoms with van der Waals surface area (Å²) >= 11 is 10.7. The van der Waals surface area contributed by atoms with Crippen molar-refractivity contribution >= 4 is 28.6 Å². The average molecular weight is 315 g/mol. The van der Waals surface area contributed by atoms with Crippen molar-refractivity contribution in [1.29, 1.82) is 0 Å². The van der Waals surface area contributed by atoms with Crippen LogP contribution in [-0.4, -0.2) is 31.5 Å². The molecule has 1 unspecified atom stereocenters. The Labute approximate surface area is 118 Å². The molecule has 7 heteroatoms. The van der Waals surface area contributed by atoms with Crippen molar-refractivity contribution in [1.82, 2.24) is 0 Å². The Bertz CT molecular complexity index is 345. The topological polar surface area (TPSA) is 44.8 Å². The minimum Gasteiger partial charge on any atom is -0.375 e. The number of ether oxygens (including phenoxy) is 2. The summed E-state index contributed by atoms with van der Waals surface area (Å²) in [5, 5.41) is 0. The predicted molar refractivity (Wildman–Crippen MR) is 74.1 cm³/mol. The molecule has 0 rings (SSSR count). The van der Waals surface area contributed by atoms with Crippen molar-refractivity contribution in [3.05, 3.63) is 12.7 Å². The molecule has 0 aliphatic heterocycles. The van der Waals surface area contributed by atoms with E-state index in [0.717, 1.165) is 0 Å². The van der Waals surface area contributed by atoms with Gasteiger partial charge in [0.15, 0.2) is 0 Å². The van der Waals surface area contributed by atoms with Crippen molar-refractivity contribution in [2.24, 2.45) is 0 Å². The molecule has 0 bridgehead atoms. The lowest BCUT2D eigenvalue weighted by molar-refractivity contribution is -0.0416. The Morgan fingerprint density at radius 2 is 2.11 bits per heavy atom. The lowest BCUT2D eigenvalue weighted by Gasteiger charge is -2.23. The van der Waals surface area contributed by atoms with E-state index in [1.165, 1.54) is 0 Å². The van der Waals surface area contributed by atoms with Gasteiger partial charge in [0, 0.05) is 0 Å². The van der Waals surface area contributed by atoms with Gasteiger partial charge in [-0.15, -0.1) is 13.0 Å². The van der Waals surface area contributed by atoms with Gasteiger partial charge < -0.3 is 9.47 Å². The van der Waals surface area contributed by atoms with E-state index in [1.54, 1.807) is 19.9 Å². The first-order chi connectivity index (χ1) is 8.20. The van der Waals surface area contributed by atoms with Crippen LogP contribution in [-0.2, 0) is 18.6 Å². The molecular weight excluding hydrogens is 298 g/mol. The van der Waals surface area contributed by atoms with Gasteiger partial charge in [0.1, 0.15) is 11.7 Å². The third-order valence-corrected chi connectivity index (χ3v) is 2.81. The van der Waals surface area contributed by atoms with Crippen molar-refractivity contribution in [2.45, 2.75) is 25.6 Å². The number of rotatable bonds is 9. The van der Waals surface area contributed by atoms with Gasteiger partial charge in [-0.1, -0.05) is 12.0 Å². The van der Waals surface area contributed by atoms with E-state index < -0.39 is 17.8 Å². The van der Waals surface area contributed by atoms with Gasteiger partial charge in [-0.3, -0.25) is 9.09 Å². The Hall–Kier alpha value is -0.0100. The van der Waals surface area contributed by atoms with Gasteiger partial charge >= 0.3 is 6.07 Å². The second-order valence-corrected chi connectivity index (χ2v) is 8.16. The van der Waals surface area contributed by atoms with Crippen LogP contribution in [0.25, 0.3) is 0 Å². The van der Waals surface area contributed by atoms with Crippen LogP contribution in [0.5, 0.6) is 0 Å². The standard InChI is InChI=1S/C11H17Cl2O4P/c1-5-7-15-8-10(17-18(12,13)14)9-16-11(3,4)6-2/h2,5,10H,1,7-9H2,3-4H3. The molecule has 0 saturated heterocycles. The third kappa shape index (κ3) is 9.96. The van der Waals surface area contributed by atoms with E-state index in [9.17, 15) is 4.57 Å². The molecule has 0 fully saturated rings. The molecule has 18 heavy (non-hydrogen) atoms. The van der Waals surface area contributed by atoms with E-state index in [4.69, 9.17) is 42.9 Å². The Kier molecular flexibility index (Phi) is 8.21. The molecular formula is C11H17Cl2O4P. The zero-order valence-electron chi connectivity index (χ0n) is 10.4. The van der Waals surface area contributed by atoms with Gasteiger partial charge in [0.2, 0.25) is 0 Å². The van der Waals surface area contributed by atoms with Crippen LogP contribution in [0.1, 0.15) is 13.8 Å². The monoisotopic (exact) mass is 314 g/mol. The summed E-state index contributed by atoms with van der Waals surface area (Å²) in [6, 6.07) is 0. The van der Waals surface area contributed by atoms with E-state index >= 15 is 0 Å². The van der Waals surface area contributed by atoms with Gasteiger partial charge in [0.25, 0.3) is 0 Å². The van der Waals surface area contributed by atoms with E-state index in [2.05, 4.69) is 12.5 Å². The molecule has 4 nitrogen and oxygen atoms in total. The first-order valence-electron chi connectivity index (χ1n) is 5.18. The Balaban J connectivity index is 4.34. The molecule has 0 aromatic rings. The van der Waals surface area contributed by atoms with E-state index in [1.807, 2.05) is 0 Å². The highest BCUT2D eigenvalue weighted by molar-refractivity contribution is 8.05. The molecule has 0 amide bonds. The summed E-state index contributed by atoms with van der Waals surface area (Å²) in [5.41, 5.74) is -0.761. The van der Waals surface area contributed by atoms with Crippen LogP contribution in [0.3, 0.4) is 0 Å². The summed E-state index contributed by atoms with van der Waals surface area (Å²) in [4.78, 5) is 0. The molecule has 0 aliphatic rings. The number of terminal acetylenes is 1. The number of hydrogen-bond acceptors (Lipinski definition) is 4. The molecule has 0 aromatic heterocycles. The zero-order valence-corrected chi connectivity index (χ0v) is 12.8. The first-order valence-corrected chi connectivity index (χ1v) is 8.62. The molecule has 0 N–H and O–H groups in total. The first kappa shape index (κ1) is 18.0. The molecule has 0 heterocycles. The molecule has 0 aliphatic carbocycles. The average Bonchev–Trinajstić information content (AvgIpc) is 2.24. The molecule has 1 atom stereocenters. The summed E-state index contributed by atoms with van der Waals surface area (Å²) in [7, 11) is 0. The van der Waals surface area contributed by atoms with Gasteiger partial charge in [-0.2, -0.15) is 0 Å².